The van der Waals surface area contributed by atoms with Crippen LogP contribution in [-0.2, 0) is 20.4 Å². The summed E-state index contributed by atoms with van der Waals surface area (Å²) in [6, 6.07) is 4.98. The number of pyridine rings is 1. The molecule has 3 aromatic heterocycles. The summed E-state index contributed by atoms with van der Waals surface area (Å²) < 4.78 is 25.3. The maximum atomic E-state index is 12.5. The zero-order valence-electron chi connectivity index (χ0n) is 21.3. The number of hydrogen-bond acceptors (Lipinski definition) is 9. The highest BCUT2D eigenvalue weighted by Crippen LogP contribution is 2.46. The van der Waals surface area contributed by atoms with Crippen molar-refractivity contribution >= 4 is 50.3 Å². The molecule has 0 aromatic carbocycles. The van der Waals surface area contributed by atoms with Crippen molar-refractivity contribution in [1.29, 1.82) is 0 Å². The van der Waals surface area contributed by atoms with Gasteiger partial charge < -0.3 is 10.2 Å². The van der Waals surface area contributed by atoms with Gasteiger partial charge in [0.05, 0.1) is 11.9 Å². The maximum Gasteiger partial charge on any atom is 0.255 e. The molecule has 2 aliphatic rings. The van der Waals surface area contributed by atoms with Crippen molar-refractivity contribution < 1.29 is 13.2 Å². The number of aromatic nitrogens is 4. The number of primary sulfonamides is 1. The van der Waals surface area contributed by atoms with Crippen LogP contribution in [0.1, 0.15) is 52.9 Å². The molecular weight excluding hydrogens is 494 g/mol. The van der Waals surface area contributed by atoms with Gasteiger partial charge >= 0.3 is 0 Å². The number of amides is 1. The Morgan fingerprint density at radius 1 is 1.16 bits per heavy atom. The Hall–Kier alpha value is -3.58. The van der Waals surface area contributed by atoms with E-state index in [2.05, 4.69) is 33.7 Å². The second-order valence-corrected chi connectivity index (χ2v) is 11.4. The van der Waals surface area contributed by atoms with Crippen LogP contribution in [0.5, 0.6) is 0 Å². The van der Waals surface area contributed by atoms with Crippen LogP contribution in [-0.4, -0.2) is 57.7 Å². The summed E-state index contributed by atoms with van der Waals surface area (Å²) in [5.74, 6) is 1.91. The normalized spacial score (nSPS) is 17.1. The molecule has 1 aliphatic carbocycles. The Balaban J connectivity index is 1.64. The van der Waals surface area contributed by atoms with Gasteiger partial charge in [-0.05, 0) is 44.9 Å². The number of nitrogens with zero attached hydrogens (tertiary/aromatic N) is 7. The molecule has 0 radical (unpaired) electrons. The van der Waals surface area contributed by atoms with Crippen LogP contribution in [0.3, 0.4) is 0 Å². The van der Waals surface area contributed by atoms with Crippen LogP contribution in [0.2, 0.25) is 0 Å². The maximum absolute atomic E-state index is 12.5. The summed E-state index contributed by atoms with van der Waals surface area (Å²) in [5.41, 5.74) is 0.747. The monoisotopic (exact) mass is 525 g/mol. The van der Waals surface area contributed by atoms with Crippen molar-refractivity contribution in [3.05, 3.63) is 30.6 Å². The van der Waals surface area contributed by atoms with E-state index in [1.165, 1.54) is 12.3 Å². The van der Waals surface area contributed by atoms with Crippen LogP contribution in [0.25, 0.3) is 11.0 Å². The Morgan fingerprint density at radius 3 is 2.49 bits per heavy atom. The van der Waals surface area contributed by atoms with Crippen molar-refractivity contribution in [1.82, 2.24) is 24.4 Å². The first-order valence-electron chi connectivity index (χ1n) is 12.3. The molecule has 1 spiro atoms. The van der Waals surface area contributed by atoms with E-state index in [1.54, 1.807) is 31.1 Å². The smallest absolute Gasteiger partial charge is 0.255 e. The Kier molecular flexibility index (Phi) is 6.15. The molecule has 1 aliphatic heterocycles. The number of sulfonamides is 1. The third-order valence-corrected chi connectivity index (χ3v) is 7.87. The summed E-state index contributed by atoms with van der Waals surface area (Å²) in [4.78, 5) is 27.5. The molecule has 0 saturated heterocycles. The van der Waals surface area contributed by atoms with Gasteiger partial charge in [0.1, 0.15) is 17.0 Å². The molecule has 1 fully saturated rings. The minimum Gasteiger partial charge on any atom is -0.323 e. The molecule has 12 nitrogen and oxygen atoms in total. The van der Waals surface area contributed by atoms with E-state index >= 15 is 0 Å². The largest absolute Gasteiger partial charge is 0.323 e. The van der Waals surface area contributed by atoms with E-state index < -0.39 is 15.6 Å². The second-order valence-electron chi connectivity index (χ2n) is 9.90. The fraction of sp³-hybridized carbons (Fsp3) is 0.458. The topological polar surface area (TPSA) is 152 Å². The number of hydrazone groups is 1. The van der Waals surface area contributed by atoms with Crippen LogP contribution in [0, 0.1) is 0 Å². The predicted octanol–water partition coefficient (Wildman–Crippen LogP) is 2.90. The van der Waals surface area contributed by atoms with Crippen LogP contribution in [0.15, 0.2) is 40.7 Å². The van der Waals surface area contributed by atoms with E-state index in [9.17, 15) is 13.2 Å². The molecule has 196 valence electrons. The second kappa shape index (κ2) is 9.06. The Labute approximate surface area is 215 Å². The molecule has 3 N–H and O–H groups in total. The summed E-state index contributed by atoms with van der Waals surface area (Å²) in [6.45, 7) is 5.68. The number of nitrogens with one attached hydrogen (secondary N) is 1. The first-order chi connectivity index (χ1) is 17.5. The van der Waals surface area contributed by atoms with Gasteiger partial charge in [0.15, 0.2) is 10.9 Å². The molecule has 3 aromatic rings. The van der Waals surface area contributed by atoms with Crippen molar-refractivity contribution in [3.63, 3.8) is 0 Å². The van der Waals surface area contributed by atoms with Crippen LogP contribution in [0.4, 0.5) is 17.5 Å². The van der Waals surface area contributed by atoms with Gasteiger partial charge in [-0.15, -0.1) is 0 Å². The van der Waals surface area contributed by atoms with E-state index in [4.69, 9.17) is 15.2 Å². The summed E-state index contributed by atoms with van der Waals surface area (Å²) in [7, 11) is -2.10. The molecule has 37 heavy (non-hydrogen) atoms. The third-order valence-electron chi connectivity index (χ3n) is 7.05. The number of carbonyl (C=O) groups excluding carboxylic acids is 1. The molecular formula is C24H31N9O3S. The lowest BCUT2D eigenvalue weighted by atomic mass is 9.79. The average molecular weight is 526 g/mol. The first-order valence-corrected chi connectivity index (χ1v) is 13.8. The lowest BCUT2D eigenvalue weighted by Crippen LogP contribution is -2.56. The van der Waals surface area contributed by atoms with Gasteiger partial charge in [-0.1, -0.05) is 19.3 Å². The van der Waals surface area contributed by atoms with E-state index in [0.29, 0.717) is 11.6 Å². The standard InChI is InChI=1S/C24H31N9O3S/c1-15(2)33-20-12-17-13-27-23(28-18-8-9-19(26-14-18)37(25,35)36)29-21(17)32(20)24(10-6-5-7-11-24)22(30-33)31(4)16(3)34/h8-9,12-15H,5-7,10-11H2,1-4H3,(H2,25,35,36)(H,27,28,29). The van der Waals surface area contributed by atoms with E-state index in [-0.39, 0.29) is 17.0 Å². The minimum atomic E-state index is -3.89. The van der Waals surface area contributed by atoms with Gasteiger partial charge in [0.25, 0.3) is 10.0 Å². The molecule has 0 atom stereocenters. The molecule has 4 heterocycles. The van der Waals surface area contributed by atoms with E-state index in [1.807, 2.05) is 11.1 Å². The third kappa shape index (κ3) is 4.31. The minimum absolute atomic E-state index is 0.0494. The summed E-state index contributed by atoms with van der Waals surface area (Å²) >= 11 is 0. The van der Waals surface area contributed by atoms with Gasteiger partial charge in [-0.3, -0.25) is 9.36 Å². The lowest BCUT2D eigenvalue weighted by molar-refractivity contribution is -0.124. The Bertz CT molecular complexity index is 1490. The summed E-state index contributed by atoms with van der Waals surface area (Å²) in [6.07, 6.45) is 7.98. The zero-order chi connectivity index (χ0) is 26.5. The van der Waals surface area contributed by atoms with Crippen molar-refractivity contribution in [2.75, 3.05) is 17.4 Å². The van der Waals surface area contributed by atoms with E-state index in [0.717, 1.165) is 54.8 Å². The molecule has 1 saturated carbocycles. The SMILES string of the molecule is CC(=O)N(C)C1=NN(C(C)C)c2cc3cnc(Nc4ccc(S(N)(=O)=O)nc4)nc3n2C12CCCCC2. The number of amidine groups is 1. The highest BCUT2D eigenvalue weighted by molar-refractivity contribution is 7.89. The quantitative estimate of drug-likeness (QED) is 0.527. The molecule has 13 heteroatoms. The predicted molar refractivity (Wildman–Crippen MR) is 141 cm³/mol. The number of hydrogen-bond donors (Lipinski definition) is 2. The van der Waals surface area contributed by atoms with Gasteiger partial charge in [-0.2, -0.15) is 10.1 Å². The number of fused-ring (bicyclic) bond motifs is 4. The average Bonchev–Trinajstić information content (AvgIpc) is 3.23. The fourth-order valence-electron chi connectivity index (χ4n) is 5.22. The Morgan fingerprint density at radius 2 is 1.89 bits per heavy atom. The molecule has 5 rings (SSSR count). The van der Waals surface area contributed by atoms with Crippen molar-refractivity contribution in [2.24, 2.45) is 10.2 Å². The first kappa shape index (κ1) is 25.1. The molecule has 0 bridgehead atoms. The molecule has 0 unspecified atom stereocenters. The van der Waals surface area contributed by atoms with Gasteiger partial charge in [0.2, 0.25) is 11.9 Å². The van der Waals surface area contributed by atoms with Crippen LogP contribution >= 0.6 is 0 Å². The number of nitrogens with two attached hydrogens (primary N) is 1. The zero-order valence-corrected chi connectivity index (χ0v) is 22.2. The number of rotatable bonds is 4. The van der Waals surface area contributed by atoms with Gasteiger partial charge in [-0.25, -0.2) is 28.5 Å². The van der Waals surface area contributed by atoms with Crippen LogP contribution < -0.4 is 15.5 Å². The highest BCUT2D eigenvalue weighted by Gasteiger charge is 2.48. The summed E-state index contributed by atoms with van der Waals surface area (Å²) in [5, 5.41) is 15.9. The van der Waals surface area contributed by atoms with Gasteiger partial charge in [0, 0.05) is 31.6 Å². The van der Waals surface area contributed by atoms with Crippen molar-refractivity contribution in [2.45, 2.75) is 69.5 Å². The number of likely N-dealkylation sites (N-methyl/N-ethyl adjacent to an activating group) is 1. The fourth-order valence-corrected chi connectivity index (χ4v) is 5.67. The lowest BCUT2D eigenvalue weighted by Gasteiger charge is -2.47. The molecule has 1 amide bonds. The highest BCUT2D eigenvalue weighted by atomic mass is 32.2. The number of carbonyl (C=O) groups is 1. The van der Waals surface area contributed by atoms with Crippen molar-refractivity contribution in [3.8, 4) is 0 Å². The number of anilines is 3.